The minimum atomic E-state index is -0.876. The number of hydrogen-bond acceptors (Lipinski definition) is 9. The molecule has 2 heterocycles. The number of carbonyl (C=O) groups excluding carboxylic acids is 1. The summed E-state index contributed by atoms with van der Waals surface area (Å²) in [7, 11) is 4.65. The van der Waals surface area contributed by atoms with E-state index < -0.39 is 12.0 Å². The second-order valence-electron chi connectivity index (χ2n) is 11.0. The number of ether oxygens (including phenoxy) is 5. The number of halogens is 2. The van der Waals surface area contributed by atoms with Gasteiger partial charge in [-0.2, -0.15) is 0 Å². The molecule has 1 aromatic heterocycles. The standard InChI is InChI=1S/C38H32ClIN2O7S/c1-5-48-37(44)32-33(24-11-7-6-8-12-24)41-38-42(34(32)25-14-15-28(45-2)29(20-25)46-3)36(43)31(50-38)19-23-17-27(40)35(30(18-23)47-4)49-21-22-10-9-13-26(39)16-22/h6-20,34H,5,21H2,1-4H3/b31-19-/t34-/m1/s1. The van der Waals surface area contributed by atoms with Crippen molar-refractivity contribution in [1.82, 2.24) is 4.57 Å². The van der Waals surface area contributed by atoms with Crippen LogP contribution in [0.1, 0.15) is 35.2 Å². The second kappa shape index (κ2) is 15.5. The maximum Gasteiger partial charge on any atom is 0.338 e. The molecule has 0 spiro atoms. The summed E-state index contributed by atoms with van der Waals surface area (Å²) in [5.41, 5.74) is 3.32. The summed E-state index contributed by atoms with van der Waals surface area (Å²) in [6.07, 6.45) is 1.79. The van der Waals surface area contributed by atoms with Gasteiger partial charge in [-0.15, -0.1) is 0 Å². The predicted octanol–water partition coefficient (Wildman–Crippen LogP) is 6.80. The van der Waals surface area contributed by atoms with Crippen LogP contribution in [0.25, 0.3) is 11.8 Å². The number of carbonyl (C=O) groups is 1. The molecule has 1 atom stereocenters. The molecule has 0 N–H and O–H groups in total. The van der Waals surface area contributed by atoms with Crippen molar-refractivity contribution < 1.29 is 28.5 Å². The Morgan fingerprint density at radius 2 is 1.70 bits per heavy atom. The molecule has 50 heavy (non-hydrogen) atoms. The van der Waals surface area contributed by atoms with Crippen LogP contribution in [0.2, 0.25) is 5.02 Å². The Labute approximate surface area is 311 Å². The highest BCUT2D eigenvalue weighted by Crippen LogP contribution is 2.39. The van der Waals surface area contributed by atoms with Gasteiger partial charge in [-0.05, 0) is 88.7 Å². The average molecular weight is 823 g/mol. The van der Waals surface area contributed by atoms with E-state index in [-0.39, 0.29) is 17.7 Å². The zero-order valence-electron chi connectivity index (χ0n) is 27.6. The number of thiazole rings is 1. The first kappa shape index (κ1) is 35.2. The zero-order valence-corrected chi connectivity index (χ0v) is 31.3. The van der Waals surface area contributed by atoms with E-state index in [1.807, 2.05) is 72.8 Å². The van der Waals surface area contributed by atoms with Crippen molar-refractivity contribution in [3.8, 4) is 23.0 Å². The SMILES string of the molecule is CCOC(=O)C1=C(c2ccccc2)N=c2s/c(=C\c3cc(I)c(OCc4cccc(Cl)c4)c(OC)c3)c(=O)n2[C@@H]1c1ccc(OC)c(OC)c1. The van der Waals surface area contributed by atoms with Gasteiger partial charge < -0.3 is 23.7 Å². The number of esters is 1. The van der Waals surface area contributed by atoms with Gasteiger partial charge in [-0.3, -0.25) is 9.36 Å². The third-order valence-electron chi connectivity index (χ3n) is 7.92. The minimum Gasteiger partial charge on any atom is -0.493 e. The zero-order chi connectivity index (χ0) is 35.4. The van der Waals surface area contributed by atoms with Gasteiger partial charge in [0.15, 0.2) is 27.8 Å². The van der Waals surface area contributed by atoms with Gasteiger partial charge in [0.1, 0.15) is 6.61 Å². The molecule has 256 valence electrons. The number of benzene rings is 4. The maximum atomic E-state index is 14.4. The Morgan fingerprint density at radius 3 is 2.40 bits per heavy atom. The Kier molecular flexibility index (Phi) is 10.9. The first-order valence-corrected chi connectivity index (χ1v) is 17.8. The van der Waals surface area contributed by atoms with Crippen LogP contribution in [-0.4, -0.2) is 38.5 Å². The number of fused-ring (bicyclic) bond motifs is 1. The molecule has 0 amide bonds. The molecule has 0 saturated heterocycles. The van der Waals surface area contributed by atoms with Crippen LogP contribution < -0.4 is 33.8 Å². The third kappa shape index (κ3) is 7.16. The highest BCUT2D eigenvalue weighted by atomic mass is 127. The average Bonchev–Trinajstić information content (AvgIpc) is 3.44. The molecule has 0 radical (unpaired) electrons. The Morgan fingerprint density at radius 1 is 0.940 bits per heavy atom. The van der Waals surface area contributed by atoms with E-state index in [2.05, 4.69) is 22.6 Å². The molecule has 1 aliphatic heterocycles. The molecule has 5 aromatic rings. The van der Waals surface area contributed by atoms with E-state index in [0.29, 0.717) is 60.8 Å². The summed E-state index contributed by atoms with van der Waals surface area (Å²) in [6.45, 7) is 2.19. The molecule has 4 aromatic carbocycles. The van der Waals surface area contributed by atoms with Crippen LogP contribution in [0.15, 0.2) is 100 Å². The number of aromatic nitrogens is 1. The van der Waals surface area contributed by atoms with Gasteiger partial charge in [0.2, 0.25) is 0 Å². The van der Waals surface area contributed by atoms with Crippen LogP contribution >= 0.6 is 45.5 Å². The molecule has 0 unspecified atom stereocenters. The number of nitrogens with zero attached hydrogens (tertiary/aromatic N) is 2. The van der Waals surface area contributed by atoms with Gasteiger partial charge in [0, 0.05) is 10.6 Å². The lowest BCUT2D eigenvalue weighted by molar-refractivity contribution is -0.138. The molecular weight excluding hydrogens is 791 g/mol. The van der Waals surface area contributed by atoms with Crippen molar-refractivity contribution in [3.05, 3.63) is 141 Å². The summed E-state index contributed by atoms with van der Waals surface area (Å²) in [6, 6.07) is 25.0. The van der Waals surface area contributed by atoms with Crippen molar-refractivity contribution in [3.63, 3.8) is 0 Å². The molecule has 6 rings (SSSR count). The van der Waals surface area contributed by atoms with Crippen LogP contribution in [0, 0.1) is 3.57 Å². The first-order valence-electron chi connectivity index (χ1n) is 15.5. The second-order valence-corrected chi connectivity index (χ2v) is 13.6. The molecule has 0 bridgehead atoms. The predicted molar refractivity (Wildman–Crippen MR) is 202 cm³/mol. The lowest BCUT2D eigenvalue weighted by atomic mass is 9.93. The van der Waals surface area contributed by atoms with Crippen molar-refractivity contribution in [2.45, 2.75) is 19.6 Å². The Balaban J connectivity index is 1.52. The van der Waals surface area contributed by atoms with Crippen LogP contribution in [0.4, 0.5) is 0 Å². The van der Waals surface area contributed by atoms with Gasteiger partial charge in [0.05, 0.1) is 53.4 Å². The van der Waals surface area contributed by atoms with Crippen LogP contribution in [0.5, 0.6) is 23.0 Å². The van der Waals surface area contributed by atoms with Crippen LogP contribution in [-0.2, 0) is 16.1 Å². The summed E-state index contributed by atoms with van der Waals surface area (Å²) in [5.74, 6) is 1.48. The lowest BCUT2D eigenvalue weighted by Gasteiger charge is -2.26. The van der Waals surface area contributed by atoms with Crippen molar-refractivity contribution in [2.75, 3.05) is 27.9 Å². The van der Waals surface area contributed by atoms with Gasteiger partial charge in [0.25, 0.3) is 5.56 Å². The van der Waals surface area contributed by atoms with E-state index in [4.69, 9.17) is 40.3 Å². The molecule has 12 heteroatoms. The fourth-order valence-electron chi connectivity index (χ4n) is 5.68. The normalized spacial score (nSPS) is 14.1. The maximum absolute atomic E-state index is 14.4. The largest absolute Gasteiger partial charge is 0.493 e. The lowest BCUT2D eigenvalue weighted by Crippen LogP contribution is -2.40. The van der Waals surface area contributed by atoms with E-state index >= 15 is 0 Å². The third-order valence-corrected chi connectivity index (χ3v) is 9.94. The summed E-state index contributed by atoms with van der Waals surface area (Å²) < 4.78 is 31.3. The number of rotatable bonds is 11. The molecule has 9 nitrogen and oxygen atoms in total. The summed E-state index contributed by atoms with van der Waals surface area (Å²) in [4.78, 5) is 33.6. The van der Waals surface area contributed by atoms with E-state index in [1.54, 1.807) is 43.9 Å². The quantitative estimate of drug-likeness (QED) is 0.107. The summed E-state index contributed by atoms with van der Waals surface area (Å²) in [5, 5.41) is 0.628. The Hall–Kier alpha value is -4.59. The van der Waals surface area contributed by atoms with E-state index in [9.17, 15) is 9.59 Å². The monoisotopic (exact) mass is 822 g/mol. The smallest absolute Gasteiger partial charge is 0.338 e. The van der Waals surface area contributed by atoms with Gasteiger partial charge in [-0.25, -0.2) is 9.79 Å². The van der Waals surface area contributed by atoms with Gasteiger partial charge >= 0.3 is 5.97 Å². The number of hydrogen-bond donors (Lipinski definition) is 0. The van der Waals surface area contributed by atoms with E-state index in [1.165, 1.54) is 18.4 Å². The van der Waals surface area contributed by atoms with E-state index in [0.717, 1.165) is 14.7 Å². The fourth-order valence-corrected chi connectivity index (χ4v) is 7.67. The fraction of sp³-hybridized carbons (Fsp3) is 0.184. The molecule has 0 fully saturated rings. The van der Waals surface area contributed by atoms with Crippen molar-refractivity contribution in [1.29, 1.82) is 0 Å². The molecular formula is C38H32ClIN2O7S. The molecule has 1 aliphatic rings. The van der Waals surface area contributed by atoms with Crippen molar-refractivity contribution in [2.24, 2.45) is 4.99 Å². The highest BCUT2D eigenvalue weighted by Gasteiger charge is 2.35. The highest BCUT2D eigenvalue weighted by molar-refractivity contribution is 14.1. The Bertz CT molecular complexity index is 2280. The minimum absolute atomic E-state index is 0.146. The van der Waals surface area contributed by atoms with Crippen LogP contribution in [0.3, 0.4) is 0 Å². The number of methoxy groups -OCH3 is 3. The first-order chi connectivity index (χ1) is 24.3. The van der Waals surface area contributed by atoms with Crippen molar-refractivity contribution >= 4 is 63.3 Å². The topological polar surface area (TPSA) is 97.6 Å². The van der Waals surface area contributed by atoms with Gasteiger partial charge in [-0.1, -0.05) is 71.5 Å². The molecule has 0 saturated carbocycles. The summed E-state index contributed by atoms with van der Waals surface area (Å²) >= 11 is 9.58. The molecule has 0 aliphatic carbocycles.